The predicted molar refractivity (Wildman–Crippen MR) is 137 cm³/mol. The Morgan fingerprint density at radius 1 is 1.11 bits per heavy atom. The monoisotopic (exact) mass is 484 g/mol. The van der Waals surface area contributed by atoms with E-state index in [1.54, 1.807) is 6.33 Å². The molecule has 36 heavy (non-hydrogen) atoms. The fraction of sp³-hybridized carbons (Fsp3) is 0.536. The van der Waals surface area contributed by atoms with Crippen LogP contribution >= 0.6 is 0 Å². The molecule has 0 radical (unpaired) electrons. The first-order valence-electron chi connectivity index (χ1n) is 13.2. The number of aryl methyl sites for hydroxylation is 1. The van der Waals surface area contributed by atoms with Crippen molar-refractivity contribution in [3.63, 3.8) is 0 Å². The van der Waals surface area contributed by atoms with E-state index in [1.807, 2.05) is 19.9 Å². The molecular weight excluding hydrogens is 452 g/mol. The van der Waals surface area contributed by atoms with Crippen molar-refractivity contribution in [2.24, 2.45) is 22.1 Å². The number of nitrogens with two attached hydrogens (primary N) is 2. The Bertz CT molecular complexity index is 1460. The van der Waals surface area contributed by atoms with Crippen molar-refractivity contribution in [1.82, 2.24) is 14.5 Å². The molecule has 0 amide bonds. The normalized spacial score (nSPS) is 34.3. The summed E-state index contributed by atoms with van der Waals surface area (Å²) >= 11 is 0. The number of amidine groups is 1. The fourth-order valence-electron chi connectivity index (χ4n) is 7.90. The van der Waals surface area contributed by atoms with E-state index in [4.69, 9.17) is 25.9 Å². The Morgan fingerprint density at radius 2 is 1.97 bits per heavy atom. The van der Waals surface area contributed by atoms with Gasteiger partial charge in [-0.2, -0.15) is 0 Å². The number of nitrogens with zero attached hydrogens (tertiary/aromatic N) is 4. The minimum atomic E-state index is -0.595. The Kier molecular flexibility index (Phi) is 3.91. The average Bonchev–Trinajstić information content (AvgIpc) is 3.06. The van der Waals surface area contributed by atoms with Crippen molar-refractivity contribution in [2.45, 2.75) is 81.8 Å². The lowest BCUT2D eigenvalue weighted by Crippen LogP contribution is -2.44. The van der Waals surface area contributed by atoms with Gasteiger partial charge in [-0.15, -0.1) is 0 Å². The number of aromatic nitrogens is 3. The van der Waals surface area contributed by atoms with Gasteiger partial charge in [0.25, 0.3) is 0 Å². The van der Waals surface area contributed by atoms with Crippen molar-refractivity contribution in [3.8, 4) is 0 Å². The Morgan fingerprint density at radius 3 is 2.78 bits per heavy atom. The minimum absolute atomic E-state index is 0.00608. The quantitative estimate of drug-likeness (QED) is 0.575. The summed E-state index contributed by atoms with van der Waals surface area (Å²) in [6.07, 6.45) is 10.4. The van der Waals surface area contributed by atoms with Crippen LogP contribution in [0.4, 0.5) is 11.5 Å². The van der Waals surface area contributed by atoms with Crippen LogP contribution in [0, 0.1) is 11.3 Å². The molecule has 4 heterocycles. The van der Waals surface area contributed by atoms with E-state index in [2.05, 4.69) is 38.9 Å². The SMILES string of the molecule is CC1(C)O[C@H]2[C@H](n3ccc4c(N)ncnc43)[C@H]3CC3(CCc3ccc4c(c3)N=C(N)C43CCC3)[C@H]2O1. The molecule has 3 aromatic rings. The topological polar surface area (TPSA) is 114 Å². The number of nitrogen functional groups attached to an aromatic ring is 1. The number of benzene rings is 1. The van der Waals surface area contributed by atoms with Gasteiger partial charge in [-0.05, 0) is 75.1 Å². The highest BCUT2D eigenvalue weighted by Crippen LogP contribution is 2.73. The third kappa shape index (κ3) is 2.59. The number of ether oxygens (including phenoxy) is 2. The van der Waals surface area contributed by atoms with Crippen molar-refractivity contribution < 1.29 is 9.47 Å². The summed E-state index contributed by atoms with van der Waals surface area (Å²) in [6, 6.07) is 9.03. The lowest BCUT2D eigenvalue weighted by atomic mass is 9.64. The number of hydrogen-bond acceptors (Lipinski definition) is 7. The maximum atomic E-state index is 6.59. The Hall–Kier alpha value is -2.97. The van der Waals surface area contributed by atoms with Crippen LogP contribution in [0.25, 0.3) is 11.0 Å². The molecule has 2 aliphatic heterocycles. The maximum Gasteiger partial charge on any atom is 0.163 e. The van der Waals surface area contributed by atoms with E-state index < -0.39 is 5.79 Å². The molecule has 4 fully saturated rings. The van der Waals surface area contributed by atoms with Gasteiger partial charge in [0.2, 0.25) is 0 Å². The number of aliphatic imine (C=N–C) groups is 1. The molecule has 3 saturated carbocycles. The summed E-state index contributed by atoms with van der Waals surface area (Å²) in [7, 11) is 0. The van der Waals surface area contributed by atoms with E-state index in [9.17, 15) is 0 Å². The number of rotatable bonds is 4. The second kappa shape index (κ2) is 6.66. The third-order valence-corrected chi connectivity index (χ3v) is 9.88. The Labute approximate surface area is 210 Å². The fourth-order valence-corrected chi connectivity index (χ4v) is 7.90. The van der Waals surface area contributed by atoms with E-state index in [-0.39, 0.29) is 29.1 Å². The molecule has 1 aromatic carbocycles. The first-order chi connectivity index (χ1) is 17.3. The predicted octanol–water partition coefficient (Wildman–Crippen LogP) is 4.15. The molecule has 3 aliphatic carbocycles. The molecular formula is C28H32N6O2. The smallest absolute Gasteiger partial charge is 0.163 e. The summed E-state index contributed by atoms with van der Waals surface area (Å²) < 4.78 is 15.4. The van der Waals surface area contributed by atoms with Gasteiger partial charge >= 0.3 is 0 Å². The summed E-state index contributed by atoms with van der Waals surface area (Å²) in [5.74, 6) is 1.21. The molecule has 2 aromatic heterocycles. The second-order valence-electron chi connectivity index (χ2n) is 12.1. The van der Waals surface area contributed by atoms with Gasteiger partial charge in [-0.25, -0.2) is 15.0 Å². The molecule has 0 bridgehead atoms. The first-order valence-corrected chi connectivity index (χ1v) is 13.2. The van der Waals surface area contributed by atoms with Gasteiger partial charge in [0, 0.05) is 11.6 Å². The molecule has 1 saturated heterocycles. The van der Waals surface area contributed by atoms with Crippen LogP contribution in [-0.2, 0) is 21.3 Å². The highest BCUT2D eigenvalue weighted by molar-refractivity contribution is 6.00. The summed E-state index contributed by atoms with van der Waals surface area (Å²) in [6.45, 7) is 4.06. The van der Waals surface area contributed by atoms with Gasteiger partial charge in [0.1, 0.15) is 29.7 Å². The molecule has 8 nitrogen and oxygen atoms in total. The zero-order valence-electron chi connectivity index (χ0n) is 20.8. The van der Waals surface area contributed by atoms with E-state index in [0.717, 1.165) is 54.7 Å². The van der Waals surface area contributed by atoms with Gasteiger partial charge in [-0.3, -0.25) is 0 Å². The second-order valence-corrected chi connectivity index (χ2v) is 12.1. The van der Waals surface area contributed by atoms with E-state index in [0.29, 0.717) is 11.7 Å². The maximum absolute atomic E-state index is 6.59. The zero-order valence-corrected chi connectivity index (χ0v) is 20.8. The van der Waals surface area contributed by atoms with Crippen molar-refractivity contribution in [3.05, 3.63) is 47.9 Å². The number of hydrogen-bond donors (Lipinski definition) is 2. The highest BCUT2D eigenvalue weighted by atomic mass is 16.8. The molecule has 8 heteroatoms. The summed E-state index contributed by atoms with van der Waals surface area (Å²) in [5.41, 5.74) is 17.2. The standard InChI is InChI=1S/C28H32N6O2/c1-26(2)35-21-20(34-11-7-16-23(29)31-14-32-24(16)34)18-13-28(18,22(21)36-26)10-6-15-4-5-17-19(12-15)33-25(30)27(17)8-3-9-27/h4-5,7,11-12,14,18,20-22H,3,6,8-10,13H2,1-2H3,(H2,30,33)(H2,29,31,32)/t18-,20-,21+,22+,28?/m1/s1. The number of fused-ring (bicyclic) bond motifs is 6. The lowest BCUT2D eigenvalue weighted by molar-refractivity contribution is -0.161. The average molecular weight is 485 g/mol. The van der Waals surface area contributed by atoms with Gasteiger partial charge < -0.3 is 25.5 Å². The van der Waals surface area contributed by atoms with Crippen LogP contribution in [0.5, 0.6) is 0 Å². The van der Waals surface area contributed by atoms with E-state index in [1.165, 1.54) is 17.5 Å². The van der Waals surface area contributed by atoms with Crippen LogP contribution in [0.1, 0.15) is 63.1 Å². The molecule has 5 aliphatic rings. The molecule has 1 unspecified atom stereocenters. The van der Waals surface area contributed by atoms with Crippen LogP contribution < -0.4 is 11.5 Å². The largest absolute Gasteiger partial charge is 0.386 e. The van der Waals surface area contributed by atoms with Crippen molar-refractivity contribution >= 4 is 28.4 Å². The van der Waals surface area contributed by atoms with Gasteiger partial charge in [-0.1, -0.05) is 18.6 Å². The third-order valence-electron chi connectivity index (χ3n) is 9.88. The summed E-state index contributed by atoms with van der Waals surface area (Å²) in [5, 5.41) is 0.896. The van der Waals surface area contributed by atoms with E-state index >= 15 is 0 Å². The van der Waals surface area contributed by atoms with Crippen LogP contribution in [0.15, 0.2) is 41.8 Å². The number of anilines is 1. The molecule has 8 rings (SSSR count). The van der Waals surface area contributed by atoms with Gasteiger partial charge in [0.15, 0.2) is 5.79 Å². The van der Waals surface area contributed by atoms with Crippen molar-refractivity contribution in [2.75, 3.05) is 5.73 Å². The van der Waals surface area contributed by atoms with Crippen LogP contribution in [-0.4, -0.2) is 38.4 Å². The zero-order chi connectivity index (χ0) is 24.4. The lowest BCUT2D eigenvalue weighted by Gasteiger charge is -2.38. The first kappa shape index (κ1) is 21.1. The Balaban J connectivity index is 1.10. The van der Waals surface area contributed by atoms with Crippen LogP contribution in [0.2, 0.25) is 0 Å². The molecule has 1 spiro atoms. The molecule has 4 N–H and O–H groups in total. The summed E-state index contributed by atoms with van der Waals surface area (Å²) in [4.78, 5) is 13.5. The molecule has 5 atom stereocenters. The van der Waals surface area contributed by atoms with Gasteiger partial charge in [0.05, 0.1) is 28.6 Å². The molecule has 186 valence electrons. The van der Waals surface area contributed by atoms with Crippen molar-refractivity contribution in [1.29, 1.82) is 0 Å². The highest BCUT2D eigenvalue weighted by Gasteiger charge is 2.75. The minimum Gasteiger partial charge on any atom is -0.386 e. The van der Waals surface area contributed by atoms with Crippen LogP contribution in [0.3, 0.4) is 0 Å².